The molecule has 194 valence electrons. The van der Waals surface area contributed by atoms with Gasteiger partial charge in [-0.2, -0.15) is 5.26 Å². The minimum absolute atomic E-state index is 0.196. The summed E-state index contributed by atoms with van der Waals surface area (Å²) in [6.45, 7) is 0.774. The molecule has 0 bridgehead atoms. The zero-order valence-corrected chi connectivity index (χ0v) is 21.5. The Morgan fingerprint density at radius 2 is 1.74 bits per heavy atom. The van der Waals surface area contributed by atoms with Gasteiger partial charge in [-0.1, -0.05) is 42.5 Å². The summed E-state index contributed by atoms with van der Waals surface area (Å²) in [4.78, 5) is 16.6. The molecular formula is C32H28N4O3. The second-order valence-electron chi connectivity index (χ2n) is 9.07. The summed E-state index contributed by atoms with van der Waals surface area (Å²) in [6, 6.07) is 31.8. The van der Waals surface area contributed by atoms with E-state index in [1.165, 1.54) is 0 Å². The molecule has 39 heavy (non-hydrogen) atoms. The van der Waals surface area contributed by atoms with Crippen LogP contribution in [0.3, 0.4) is 0 Å². The van der Waals surface area contributed by atoms with E-state index in [4.69, 9.17) is 14.7 Å². The molecule has 1 amide bonds. The Morgan fingerprint density at radius 1 is 0.923 bits per heavy atom. The van der Waals surface area contributed by atoms with Crippen LogP contribution in [0.15, 0.2) is 103 Å². The van der Waals surface area contributed by atoms with E-state index in [9.17, 15) is 4.79 Å². The third-order valence-corrected chi connectivity index (χ3v) is 6.43. The summed E-state index contributed by atoms with van der Waals surface area (Å²) < 4.78 is 11.7. The fraction of sp³-hybridized carbons (Fsp3) is 0.125. The number of nitrogens with zero attached hydrogens (tertiary/aromatic N) is 1. The van der Waals surface area contributed by atoms with Crippen LogP contribution in [0.5, 0.6) is 11.5 Å². The smallest absolute Gasteiger partial charge is 0.247 e. The lowest BCUT2D eigenvalue weighted by atomic mass is 10.0. The van der Waals surface area contributed by atoms with Crippen molar-refractivity contribution in [3.63, 3.8) is 0 Å². The average molecular weight is 517 g/mol. The minimum Gasteiger partial charge on any atom is -0.493 e. The quantitative estimate of drug-likeness (QED) is 0.208. The number of rotatable bonds is 10. The lowest BCUT2D eigenvalue weighted by Crippen LogP contribution is -2.33. The fourth-order valence-corrected chi connectivity index (χ4v) is 4.33. The molecule has 0 fully saturated rings. The number of hydrogen-bond donors (Lipinski definition) is 3. The number of amides is 1. The molecule has 7 heteroatoms. The minimum atomic E-state index is -0.708. The summed E-state index contributed by atoms with van der Waals surface area (Å²) in [5.74, 6) is 0.911. The van der Waals surface area contributed by atoms with Gasteiger partial charge in [0.05, 0.1) is 18.7 Å². The standard InChI is InChI=1S/C32H28N4O3/c1-38-30-18-26(10-14-29(30)39-21-24-9-13-28-25(17-24)15-16-34-28)31(36-27-11-7-22(19-33)8-12-27)32(37)35-20-23-5-3-2-4-6-23/h2-18,31,34,36H,20-21H2,1H3,(H,35,37)/t31-/m1/s1. The molecule has 0 aliphatic carbocycles. The van der Waals surface area contributed by atoms with E-state index >= 15 is 0 Å². The Hall–Kier alpha value is -5.22. The van der Waals surface area contributed by atoms with Crippen LogP contribution in [0.4, 0.5) is 5.69 Å². The number of anilines is 1. The number of methoxy groups -OCH3 is 1. The highest BCUT2D eigenvalue weighted by atomic mass is 16.5. The topological polar surface area (TPSA) is 99.2 Å². The number of carbonyl (C=O) groups is 1. The monoisotopic (exact) mass is 516 g/mol. The highest BCUT2D eigenvalue weighted by Gasteiger charge is 2.22. The van der Waals surface area contributed by atoms with Crippen LogP contribution in [0, 0.1) is 11.3 Å². The summed E-state index contributed by atoms with van der Waals surface area (Å²) in [5, 5.41) is 16.6. The fourth-order valence-electron chi connectivity index (χ4n) is 4.33. The number of aromatic nitrogens is 1. The first-order valence-electron chi connectivity index (χ1n) is 12.6. The molecule has 5 aromatic rings. The zero-order valence-electron chi connectivity index (χ0n) is 21.5. The number of nitrogens with one attached hydrogen (secondary N) is 3. The molecular weight excluding hydrogens is 488 g/mol. The first-order valence-corrected chi connectivity index (χ1v) is 12.6. The van der Waals surface area contributed by atoms with Crippen molar-refractivity contribution in [3.05, 3.63) is 126 Å². The predicted octanol–water partition coefficient (Wildman–Crippen LogP) is 6.10. The van der Waals surface area contributed by atoms with Gasteiger partial charge in [0, 0.05) is 23.9 Å². The van der Waals surface area contributed by atoms with E-state index in [2.05, 4.69) is 27.8 Å². The molecule has 1 heterocycles. The van der Waals surface area contributed by atoms with E-state index in [1.54, 1.807) is 31.4 Å². The van der Waals surface area contributed by atoms with Crippen molar-refractivity contribution in [1.29, 1.82) is 5.26 Å². The van der Waals surface area contributed by atoms with Crippen molar-refractivity contribution in [1.82, 2.24) is 10.3 Å². The first kappa shape index (κ1) is 25.4. The molecule has 7 nitrogen and oxygen atoms in total. The summed E-state index contributed by atoms with van der Waals surface area (Å²) in [6.07, 6.45) is 1.91. The molecule has 0 radical (unpaired) electrons. The summed E-state index contributed by atoms with van der Waals surface area (Å²) in [5.41, 5.74) is 5.09. The molecule has 1 atom stereocenters. The first-order chi connectivity index (χ1) is 19.1. The van der Waals surface area contributed by atoms with Crippen LogP contribution < -0.4 is 20.1 Å². The number of H-pyrrole nitrogens is 1. The van der Waals surface area contributed by atoms with Gasteiger partial charge >= 0.3 is 0 Å². The van der Waals surface area contributed by atoms with Gasteiger partial charge in [0.15, 0.2) is 11.5 Å². The third kappa shape index (κ3) is 6.20. The SMILES string of the molecule is COc1cc([C@@H](Nc2ccc(C#N)cc2)C(=O)NCc2ccccc2)ccc1OCc1ccc2[nH]ccc2c1. The third-order valence-electron chi connectivity index (χ3n) is 6.43. The Labute approximate surface area is 227 Å². The van der Waals surface area contributed by atoms with Crippen molar-refractivity contribution in [3.8, 4) is 17.6 Å². The van der Waals surface area contributed by atoms with Crippen molar-refractivity contribution < 1.29 is 14.3 Å². The number of carbonyl (C=O) groups excluding carboxylic acids is 1. The van der Waals surface area contributed by atoms with Crippen molar-refractivity contribution >= 4 is 22.5 Å². The van der Waals surface area contributed by atoms with E-state index in [0.717, 1.165) is 22.0 Å². The zero-order chi connectivity index (χ0) is 27.0. The number of ether oxygens (including phenoxy) is 2. The molecule has 0 aliphatic heterocycles. The summed E-state index contributed by atoms with van der Waals surface area (Å²) >= 11 is 0. The molecule has 0 aliphatic rings. The van der Waals surface area contributed by atoms with Gasteiger partial charge in [-0.25, -0.2) is 0 Å². The van der Waals surface area contributed by atoms with Gasteiger partial charge in [0.25, 0.3) is 0 Å². The molecule has 0 spiro atoms. The maximum atomic E-state index is 13.4. The number of aromatic amines is 1. The van der Waals surface area contributed by atoms with Crippen LogP contribution in [0.25, 0.3) is 10.9 Å². The number of nitriles is 1. The van der Waals surface area contributed by atoms with E-state index in [0.29, 0.717) is 41.5 Å². The average Bonchev–Trinajstić information content (AvgIpc) is 3.46. The van der Waals surface area contributed by atoms with E-state index < -0.39 is 6.04 Å². The van der Waals surface area contributed by atoms with Crippen molar-refractivity contribution in [2.45, 2.75) is 19.2 Å². The highest BCUT2D eigenvalue weighted by molar-refractivity contribution is 5.86. The lowest BCUT2D eigenvalue weighted by Gasteiger charge is -2.21. The van der Waals surface area contributed by atoms with Gasteiger partial charge in [-0.15, -0.1) is 0 Å². The Kier molecular flexibility index (Phi) is 7.75. The molecule has 1 aromatic heterocycles. The lowest BCUT2D eigenvalue weighted by molar-refractivity contribution is -0.122. The van der Waals surface area contributed by atoms with Crippen LogP contribution >= 0.6 is 0 Å². The number of hydrogen-bond acceptors (Lipinski definition) is 5. The Bertz CT molecular complexity index is 1600. The molecule has 0 saturated carbocycles. The van der Waals surface area contributed by atoms with Crippen molar-refractivity contribution in [2.24, 2.45) is 0 Å². The van der Waals surface area contributed by atoms with E-state index in [1.807, 2.05) is 72.9 Å². The second-order valence-corrected chi connectivity index (χ2v) is 9.07. The molecule has 0 saturated heterocycles. The van der Waals surface area contributed by atoms with Crippen LogP contribution in [0.1, 0.15) is 28.3 Å². The molecule has 0 unspecified atom stereocenters. The number of fused-ring (bicyclic) bond motifs is 1. The molecule has 4 aromatic carbocycles. The van der Waals surface area contributed by atoms with Gasteiger partial charge in [-0.05, 0) is 76.7 Å². The normalized spacial score (nSPS) is 11.4. The maximum absolute atomic E-state index is 13.4. The van der Waals surface area contributed by atoms with Crippen molar-refractivity contribution in [2.75, 3.05) is 12.4 Å². The highest BCUT2D eigenvalue weighted by Crippen LogP contribution is 2.32. The van der Waals surface area contributed by atoms with Gasteiger partial charge in [0.2, 0.25) is 5.91 Å². The molecule has 5 rings (SSSR count). The largest absolute Gasteiger partial charge is 0.493 e. The Morgan fingerprint density at radius 3 is 2.51 bits per heavy atom. The maximum Gasteiger partial charge on any atom is 0.247 e. The molecule has 3 N–H and O–H groups in total. The van der Waals surface area contributed by atoms with Crippen LogP contribution in [-0.4, -0.2) is 18.0 Å². The summed E-state index contributed by atoms with van der Waals surface area (Å²) in [7, 11) is 1.58. The van der Waals surface area contributed by atoms with E-state index in [-0.39, 0.29) is 5.91 Å². The number of benzene rings is 4. The Balaban J connectivity index is 1.36. The van der Waals surface area contributed by atoms with Gasteiger partial charge < -0.3 is 25.1 Å². The van der Waals surface area contributed by atoms with Crippen LogP contribution in [-0.2, 0) is 17.9 Å². The van der Waals surface area contributed by atoms with Crippen LogP contribution in [0.2, 0.25) is 0 Å². The van der Waals surface area contributed by atoms with Gasteiger partial charge in [0.1, 0.15) is 12.6 Å². The second kappa shape index (κ2) is 11.9. The predicted molar refractivity (Wildman–Crippen MR) is 151 cm³/mol. The van der Waals surface area contributed by atoms with Gasteiger partial charge in [-0.3, -0.25) is 4.79 Å².